The van der Waals surface area contributed by atoms with Crippen LogP contribution in [0.1, 0.15) is 11.6 Å². The standard InChI is InChI=1S/C12H20N2O2/c1-14(2)8-7-13-12(9-15)10-3-5-11(16)6-4-10/h3-6,12-13,15-16H,7-9H2,1-2H3. The number of aliphatic hydroxyl groups is 1. The molecular weight excluding hydrogens is 204 g/mol. The molecule has 0 heterocycles. The van der Waals surface area contributed by atoms with Crippen LogP contribution < -0.4 is 5.32 Å². The van der Waals surface area contributed by atoms with E-state index < -0.39 is 0 Å². The lowest BCUT2D eigenvalue weighted by atomic mass is 10.1. The van der Waals surface area contributed by atoms with Crippen molar-refractivity contribution in [2.75, 3.05) is 33.8 Å². The number of aliphatic hydroxyl groups excluding tert-OH is 1. The average molecular weight is 224 g/mol. The summed E-state index contributed by atoms with van der Waals surface area (Å²) in [6.07, 6.45) is 0. The van der Waals surface area contributed by atoms with Crippen LogP contribution in [0.2, 0.25) is 0 Å². The molecule has 1 unspecified atom stereocenters. The Morgan fingerprint density at radius 1 is 1.25 bits per heavy atom. The summed E-state index contributed by atoms with van der Waals surface area (Å²) < 4.78 is 0. The molecule has 0 radical (unpaired) electrons. The summed E-state index contributed by atoms with van der Waals surface area (Å²) in [6, 6.07) is 6.83. The van der Waals surface area contributed by atoms with E-state index in [0.29, 0.717) is 0 Å². The summed E-state index contributed by atoms with van der Waals surface area (Å²) in [6.45, 7) is 1.80. The van der Waals surface area contributed by atoms with Gasteiger partial charge in [0.15, 0.2) is 0 Å². The Morgan fingerprint density at radius 3 is 2.38 bits per heavy atom. The van der Waals surface area contributed by atoms with Gasteiger partial charge in [0.2, 0.25) is 0 Å². The van der Waals surface area contributed by atoms with E-state index in [1.54, 1.807) is 12.1 Å². The van der Waals surface area contributed by atoms with Crippen LogP contribution in [0.15, 0.2) is 24.3 Å². The van der Waals surface area contributed by atoms with Gasteiger partial charge in [0.25, 0.3) is 0 Å². The maximum absolute atomic E-state index is 9.28. The van der Waals surface area contributed by atoms with Crippen LogP contribution in [0, 0.1) is 0 Å². The highest BCUT2D eigenvalue weighted by molar-refractivity contribution is 5.28. The van der Waals surface area contributed by atoms with Gasteiger partial charge in [0, 0.05) is 13.1 Å². The first-order valence-electron chi connectivity index (χ1n) is 5.41. The zero-order valence-electron chi connectivity index (χ0n) is 9.85. The van der Waals surface area contributed by atoms with Crippen molar-refractivity contribution in [3.8, 4) is 5.75 Å². The summed E-state index contributed by atoms with van der Waals surface area (Å²) in [5, 5.41) is 21.7. The van der Waals surface area contributed by atoms with E-state index in [0.717, 1.165) is 18.7 Å². The van der Waals surface area contributed by atoms with Crippen molar-refractivity contribution in [1.82, 2.24) is 10.2 Å². The van der Waals surface area contributed by atoms with Crippen LogP contribution in [0.4, 0.5) is 0 Å². The second kappa shape index (κ2) is 6.48. The van der Waals surface area contributed by atoms with E-state index in [9.17, 15) is 10.2 Å². The molecule has 0 aliphatic rings. The van der Waals surface area contributed by atoms with Crippen molar-refractivity contribution in [1.29, 1.82) is 0 Å². The van der Waals surface area contributed by atoms with Crippen LogP contribution in [-0.4, -0.2) is 48.9 Å². The smallest absolute Gasteiger partial charge is 0.115 e. The summed E-state index contributed by atoms with van der Waals surface area (Å²) in [7, 11) is 4.02. The Hall–Kier alpha value is -1.10. The summed E-state index contributed by atoms with van der Waals surface area (Å²) in [4.78, 5) is 2.08. The van der Waals surface area contributed by atoms with E-state index in [-0.39, 0.29) is 18.4 Å². The SMILES string of the molecule is CN(C)CCNC(CO)c1ccc(O)cc1. The van der Waals surface area contributed by atoms with E-state index in [2.05, 4.69) is 10.2 Å². The molecule has 0 bridgehead atoms. The Balaban J connectivity index is 2.50. The lowest BCUT2D eigenvalue weighted by Crippen LogP contribution is -2.31. The topological polar surface area (TPSA) is 55.7 Å². The molecule has 1 aromatic carbocycles. The molecule has 1 rings (SSSR count). The highest BCUT2D eigenvalue weighted by Gasteiger charge is 2.08. The number of aromatic hydroxyl groups is 1. The molecule has 0 spiro atoms. The van der Waals surface area contributed by atoms with Crippen LogP contribution in [-0.2, 0) is 0 Å². The maximum Gasteiger partial charge on any atom is 0.115 e. The Kier molecular flexibility index (Phi) is 5.25. The Bertz CT molecular complexity index is 298. The van der Waals surface area contributed by atoms with Crippen molar-refractivity contribution < 1.29 is 10.2 Å². The Labute approximate surface area is 96.5 Å². The average Bonchev–Trinajstić information content (AvgIpc) is 2.26. The van der Waals surface area contributed by atoms with Gasteiger partial charge in [-0.3, -0.25) is 0 Å². The number of nitrogens with one attached hydrogen (secondary N) is 1. The number of hydrogen-bond donors (Lipinski definition) is 3. The predicted octanol–water partition coefficient (Wildman–Crippen LogP) is 0.577. The van der Waals surface area contributed by atoms with Crippen LogP contribution in [0.3, 0.4) is 0 Å². The second-order valence-electron chi connectivity index (χ2n) is 4.08. The first kappa shape index (κ1) is 13.0. The molecule has 0 amide bonds. The molecule has 0 saturated heterocycles. The molecular formula is C12H20N2O2. The number of phenolic OH excluding ortho intramolecular Hbond substituents is 1. The molecule has 1 atom stereocenters. The first-order valence-corrected chi connectivity index (χ1v) is 5.41. The zero-order chi connectivity index (χ0) is 12.0. The van der Waals surface area contributed by atoms with Gasteiger partial charge in [-0.2, -0.15) is 0 Å². The number of likely N-dealkylation sites (N-methyl/N-ethyl adjacent to an activating group) is 1. The maximum atomic E-state index is 9.28. The van der Waals surface area contributed by atoms with Gasteiger partial charge in [-0.25, -0.2) is 0 Å². The molecule has 0 fully saturated rings. The molecule has 0 aliphatic carbocycles. The fraction of sp³-hybridized carbons (Fsp3) is 0.500. The van der Waals surface area contributed by atoms with E-state index in [1.807, 2.05) is 26.2 Å². The third-order valence-electron chi connectivity index (χ3n) is 2.43. The summed E-state index contributed by atoms with van der Waals surface area (Å²) >= 11 is 0. The van der Waals surface area contributed by atoms with Gasteiger partial charge < -0.3 is 20.4 Å². The second-order valence-corrected chi connectivity index (χ2v) is 4.08. The Morgan fingerprint density at radius 2 is 1.88 bits per heavy atom. The van der Waals surface area contributed by atoms with E-state index >= 15 is 0 Å². The minimum Gasteiger partial charge on any atom is -0.508 e. The molecule has 0 saturated carbocycles. The van der Waals surface area contributed by atoms with Crippen LogP contribution in [0.25, 0.3) is 0 Å². The monoisotopic (exact) mass is 224 g/mol. The fourth-order valence-electron chi connectivity index (χ4n) is 1.46. The largest absolute Gasteiger partial charge is 0.508 e. The van der Waals surface area contributed by atoms with Gasteiger partial charge in [-0.05, 0) is 31.8 Å². The molecule has 16 heavy (non-hydrogen) atoms. The molecule has 4 heteroatoms. The van der Waals surface area contributed by atoms with Crippen molar-refractivity contribution in [2.45, 2.75) is 6.04 Å². The molecule has 1 aromatic rings. The van der Waals surface area contributed by atoms with Gasteiger partial charge in [-0.1, -0.05) is 12.1 Å². The number of phenols is 1. The number of nitrogens with zero attached hydrogens (tertiary/aromatic N) is 1. The highest BCUT2D eigenvalue weighted by Crippen LogP contribution is 2.16. The number of rotatable bonds is 6. The normalized spacial score (nSPS) is 13.0. The molecule has 90 valence electrons. The molecule has 4 nitrogen and oxygen atoms in total. The van der Waals surface area contributed by atoms with Crippen molar-refractivity contribution in [3.05, 3.63) is 29.8 Å². The number of hydrogen-bond acceptors (Lipinski definition) is 4. The first-order chi connectivity index (χ1) is 7.63. The quantitative estimate of drug-likeness (QED) is 0.661. The lowest BCUT2D eigenvalue weighted by Gasteiger charge is -2.18. The van der Waals surface area contributed by atoms with Crippen LogP contribution in [0.5, 0.6) is 5.75 Å². The van der Waals surface area contributed by atoms with Gasteiger partial charge >= 0.3 is 0 Å². The minimum atomic E-state index is -0.0689. The molecule has 3 N–H and O–H groups in total. The highest BCUT2D eigenvalue weighted by atomic mass is 16.3. The van der Waals surface area contributed by atoms with Crippen LogP contribution >= 0.6 is 0 Å². The fourth-order valence-corrected chi connectivity index (χ4v) is 1.46. The van der Waals surface area contributed by atoms with Crippen molar-refractivity contribution in [2.24, 2.45) is 0 Å². The lowest BCUT2D eigenvalue weighted by molar-refractivity contribution is 0.240. The van der Waals surface area contributed by atoms with Gasteiger partial charge in [-0.15, -0.1) is 0 Å². The van der Waals surface area contributed by atoms with E-state index in [1.165, 1.54) is 0 Å². The summed E-state index contributed by atoms with van der Waals surface area (Å²) in [5.41, 5.74) is 0.985. The van der Waals surface area contributed by atoms with Crippen molar-refractivity contribution in [3.63, 3.8) is 0 Å². The molecule has 0 aliphatic heterocycles. The third kappa shape index (κ3) is 4.18. The summed E-state index contributed by atoms with van der Waals surface area (Å²) in [5.74, 6) is 0.244. The van der Waals surface area contributed by atoms with Crippen molar-refractivity contribution >= 4 is 0 Å². The molecule has 0 aromatic heterocycles. The van der Waals surface area contributed by atoms with Gasteiger partial charge in [0.05, 0.1) is 12.6 Å². The van der Waals surface area contributed by atoms with Gasteiger partial charge in [0.1, 0.15) is 5.75 Å². The minimum absolute atomic E-state index is 0.0538. The van der Waals surface area contributed by atoms with E-state index in [4.69, 9.17) is 0 Å². The zero-order valence-corrected chi connectivity index (χ0v) is 9.85. The third-order valence-corrected chi connectivity index (χ3v) is 2.43. The number of benzene rings is 1. The predicted molar refractivity (Wildman–Crippen MR) is 64.5 cm³/mol.